The monoisotopic (exact) mass is 419 g/mol. The van der Waals surface area contributed by atoms with Crippen molar-refractivity contribution in [2.45, 2.75) is 12.5 Å². The molecule has 4 rings (SSSR count). The average Bonchev–Trinajstić information content (AvgIpc) is 3.44. The Morgan fingerprint density at radius 2 is 1.87 bits per heavy atom. The molecule has 0 aliphatic rings. The van der Waals surface area contributed by atoms with Crippen molar-refractivity contribution in [2.24, 2.45) is 0 Å². The van der Waals surface area contributed by atoms with E-state index in [0.29, 0.717) is 22.7 Å². The number of aromatic nitrogens is 1. The predicted octanol–water partition coefficient (Wildman–Crippen LogP) is 4.22. The number of thiophene rings is 1. The number of para-hydroxylation sites is 1. The van der Waals surface area contributed by atoms with Crippen LogP contribution < -0.4 is 15.4 Å². The van der Waals surface area contributed by atoms with Crippen LogP contribution in [0.25, 0.3) is 10.9 Å². The Morgan fingerprint density at radius 1 is 1.07 bits per heavy atom. The summed E-state index contributed by atoms with van der Waals surface area (Å²) < 4.78 is 5.15. The minimum absolute atomic E-state index is 0.264. The maximum Gasteiger partial charge on any atom is 0.262 e. The first-order valence-corrected chi connectivity index (χ1v) is 10.4. The minimum atomic E-state index is -0.735. The standard InChI is InChI=1S/C23H21N3O3S/c1-29-17-10-8-16(9-11-17)25-22(27)20(26-23(28)21-7-4-12-30-21)13-15-14-24-19-6-3-2-5-18(15)19/h2-12,14,20,24H,13H2,1H3,(H,25,27)(H,26,28)/t20-/m0/s1. The molecule has 0 fully saturated rings. The number of benzene rings is 2. The van der Waals surface area contributed by atoms with Gasteiger partial charge < -0.3 is 20.4 Å². The third kappa shape index (κ3) is 4.36. The topological polar surface area (TPSA) is 83.2 Å². The number of carbonyl (C=O) groups is 2. The maximum atomic E-state index is 13.1. The van der Waals surface area contributed by atoms with Crippen LogP contribution in [0.1, 0.15) is 15.2 Å². The highest BCUT2D eigenvalue weighted by atomic mass is 32.1. The van der Waals surface area contributed by atoms with Crippen LogP contribution in [0.15, 0.2) is 72.2 Å². The van der Waals surface area contributed by atoms with Gasteiger partial charge in [-0.3, -0.25) is 9.59 Å². The number of hydrogen-bond donors (Lipinski definition) is 3. The quantitative estimate of drug-likeness (QED) is 0.419. The number of anilines is 1. The first kappa shape index (κ1) is 19.7. The van der Waals surface area contributed by atoms with Gasteiger partial charge >= 0.3 is 0 Å². The molecule has 2 aromatic carbocycles. The van der Waals surface area contributed by atoms with Crippen LogP contribution in [0.5, 0.6) is 5.75 Å². The second-order valence-electron chi connectivity index (χ2n) is 6.78. The van der Waals surface area contributed by atoms with Gasteiger partial charge in [-0.1, -0.05) is 24.3 Å². The van der Waals surface area contributed by atoms with Crippen LogP contribution in [0.3, 0.4) is 0 Å². The average molecular weight is 420 g/mol. The van der Waals surface area contributed by atoms with Crippen LogP contribution in [-0.4, -0.2) is 29.9 Å². The van der Waals surface area contributed by atoms with Gasteiger partial charge in [0.25, 0.3) is 5.91 Å². The van der Waals surface area contributed by atoms with Crippen LogP contribution in [0, 0.1) is 0 Å². The van der Waals surface area contributed by atoms with E-state index in [1.807, 2.05) is 41.9 Å². The molecule has 0 unspecified atom stereocenters. The fourth-order valence-corrected chi connectivity index (χ4v) is 3.90. The zero-order valence-electron chi connectivity index (χ0n) is 16.3. The minimum Gasteiger partial charge on any atom is -0.497 e. The largest absolute Gasteiger partial charge is 0.497 e. The number of rotatable bonds is 7. The van der Waals surface area contributed by atoms with E-state index >= 15 is 0 Å². The van der Waals surface area contributed by atoms with Crippen molar-refractivity contribution >= 4 is 39.7 Å². The second-order valence-corrected chi connectivity index (χ2v) is 7.73. The Morgan fingerprint density at radius 3 is 2.60 bits per heavy atom. The van der Waals surface area contributed by atoms with Crippen molar-refractivity contribution in [2.75, 3.05) is 12.4 Å². The summed E-state index contributed by atoms with van der Waals surface area (Å²) in [5.74, 6) is 0.157. The second kappa shape index (κ2) is 8.84. The number of aromatic amines is 1. The van der Waals surface area contributed by atoms with Crippen LogP contribution in [0.2, 0.25) is 0 Å². The van der Waals surface area contributed by atoms with E-state index in [4.69, 9.17) is 4.74 Å². The highest BCUT2D eigenvalue weighted by Gasteiger charge is 2.24. The van der Waals surface area contributed by atoms with Gasteiger partial charge in [0.05, 0.1) is 12.0 Å². The van der Waals surface area contributed by atoms with E-state index in [-0.39, 0.29) is 11.8 Å². The molecule has 6 nitrogen and oxygen atoms in total. The van der Waals surface area contributed by atoms with Gasteiger partial charge in [0.15, 0.2) is 0 Å². The lowest BCUT2D eigenvalue weighted by molar-refractivity contribution is -0.118. The third-order valence-corrected chi connectivity index (χ3v) is 5.69. The fourth-order valence-electron chi connectivity index (χ4n) is 3.27. The molecule has 0 spiro atoms. The van der Waals surface area contributed by atoms with E-state index in [1.54, 1.807) is 37.4 Å². The van der Waals surface area contributed by atoms with Gasteiger partial charge in [0, 0.05) is 29.2 Å². The van der Waals surface area contributed by atoms with Crippen molar-refractivity contribution in [3.05, 3.63) is 82.7 Å². The fraction of sp³-hybridized carbons (Fsp3) is 0.130. The highest BCUT2D eigenvalue weighted by molar-refractivity contribution is 7.12. The number of carbonyl (C=O) groups excluding carboxylic acids is 2. The molecule has 0 aliphatic carbocycles. The lowest BCUT2D eigenvalue weighted by Gasteiger charge is -2.18. The molecular formula is C23H21N3O3S. The molecule has 4 aromatic rings. The summed E-state index contributed by atoms with van der Waals surface area (Å²) in [6.45, 7) is 0. The molecule has 152 valence electrons. The summed E-state index contributed by atoms with van der Waals surface area (Å²) in [4.78, 5) is 29.5. The Balaban J connectivity index is 1.56. The predicted molar refractivity (Wildman–Crippen MR) is 119 cm³/mol. The van der Waals surface area contributed by atoms with Crippen molar-refractivity contribution in [3.8, 4) is 5.75 Å². The number of amides is 2. The molecule has 0 radical (unpaired) electrons. The lowest BCUT2D eigenvalue weighted by Crippen LogP contribution is -2.45. The van der Waals surface area contributed by atoms with Crippen molar-refractivity contribution < 1.29 is 14.3 Å². The van der Waals surface area contributed by atoms with E-state index < -0.39 is 6.04 Å². The Hall–Kier alpha value is -3.58. The number of ether oxygens (including phenoxy) is 1. The molecule has 0 saturated heterocycles. The summed E-state index contributed by atoms with van der Waals surface area (Å²) in [5, 5.41) is 8.64. The number of H-pyrrole nitrogens is 1. The van der Waals surface area contributed by atoms with E-state index in [2.05, 4.69) is 15.6 Å². The first-order valence-electron chi connectivity index (χ1n) is 9.48. The van der Waals surface area contributed by atoms with E-state index in [0.717, 1.165) is 16.5 Å². The SMILES string of the molecule is COc1ccc(NC(=O)[C@H](Cc2c[nH]c3ccccc23)NC(=O)c2cccs2)cc1. The van der Waals surface area contributed by atoms with Gasteiger partial charge in [-0.25, -0.2) is 0 Å². The molecule has 0 bridgehead atoms. The van der Waals surface area contributed by atoms with Gasteiger partial charge in [-0.2, -0.15) is 0 Å². The molecule has 0 saturated carbocycles. The Bertz CT molecular complexity index is 1150. The van der Waals surface area contributed by atoms with Gasteiger partial charge in [0.2, 0.25) is 5.91 Å². The zero-order chi connectivity index (χ0) is 20.9. The van der Waals surface area contributed by atoms with Crippen molar-refractivity contribution in [3.63, 3.8) is 0 Å². The maximum absolute atomic E-state index is 13.1. The van der Waals surface area contributed by atoms with Gasteiger partial charge in [-0.05, 0) is 47.3 Å². The molecule has 0 aliphatic heterocycles. The van der Waals surface area contributed by atoms with E-state index in [9.17, 15) is 9.59 Å². The summed E-state index contributed by atoms with van der Waals surface area (Å²) in [5.41, 5.74) is 2.59. The normalized spacial score (nSPS) is 11.8. The number of hydrogen-bond acceptors (Lipinski definition) is 4. The third-order valence-electron chi connectivity index (χ3n) is 4.82. The molecule has 3 N–H and O–H groups in total. The summed E-state index contributed by atoms with van der Waals surface area (Å²) in [6, 6.07) is 17.8. The van der Waals surface area contributed by atoms with Crippen molar-refractivity contribution in [1.82, 2.24) is 10.3 Å². The van der Waals surface area contributed by atoms with Gasteiger partial charge in [-0.15, -0.1) is 11.3 Å². The first-order chi connectivity index (χ1) is 14.6. The summed E-state index contributed by atoms with van der Waals surface area (Å²) in [6.07, 6.45) is 2.25. The van der Waals surface area contributed by atoms with Crippen LogP contribution in [-0.2, 0) is 11.2 Å². The summed E-state index contributed by atoms with van der Waals surface area (Å²) in [7, 11) is 1.59. The molecular weight excluding hydrogens is 398 g/mol. The van der Waals surface area contributed by atoms with Gasteiger partial charge in [0.1, 0.15) is 11.8 Å². The molecule has 2 heterocycles. The zero-order valence-corrected chi connectivity index (χ0v) is 17.2. The lowest BCUT2D eigenvalue weighted by atomic mass is 10.0. The molecule has 1 atom stereocenters. The van der Waals surface area contributed by atoms with Crippen molar-refractivity contribution in [1.29, 1.82) is 0 Å². The summed E-state index contributed by atoms with van der Waals surface area (Å²) >= 11 is 1.34. The number of fused-ring (bicyclic) bond motifs is 1. The number of methoxy groups -OCH3 is 1. The smallest absolute Gasteiger partial charge is 0.262 e. The molecule has 2 amide bonds. The van der Waals surface area contributed by atoms with Crippen LogP contribution in [0.4, 0.5) is 5.69 Å². The van der Waals surface area contributed by atoms with E-state index in [1.165, 1.54) is 11.3 Å². The Labute approximate surface area is 177 Å². The Kier molecular flexibility index (Phi) is 5.81. The molecule has 7 heteroatoms. The highest BCUT2D eigenvalue weighted by Crippen LogP contribution is 2.21. The molecule has 30 heavy (non-hydrogen) atoms. The van der Waals surface area contributed by atoms with Crippen LogP contribution >= 0.6 is 11.3 Å². The number of nitrogens with one attached hydrogen (secondary N) is 3. The molecule has 2 aromatic heterocycles.